The summed E-state index contributed by atoms with van der Waals surface area (Å²) < 4.78 is 60.4. The van der Waals surface area contributed by atoms with Crippen LogP contribution in [0.1, 0.15) is 5.56 Å². The molecule has 0 amide bonds. The molecular weight excluding hydrogens is 475 g/mol. The zero-order valence-electron chi connectivity index (χ0n) is 13.8. The van der Waals surface area contributed by atoms with Gasteiger partial charge in [-0.25, -0.2) is 4.39 Å². The molecule has 0 atom stereocenters. The molecule has 0 aromatic heterocycles. The molecule has 3 aromatic rings. The molecule has 0 fully saturated rings. The fourth-order valence-electron chi connectivity index (χ4n) is 2.45. The van der Waals surface area contributed by atoms with Gasteiger partial charge in [0.2, 0.25) is 0 Å². The molecule has 0 saturated carbocycles. The summed E-state index contributed by atoms with van der Waals surface area (Å²) in [7, 11) is 0. The van der Waals surface area contributed by atoms with Gasteiger partial charge in [0, 0.05) is 3.57 Å². The van der Waals surface area contributed by atoms with E-state index in [4.69, 9.17) is 4.74 Å². The van der Waals surface area contributed by atoms with Gasteiger partial charge >= 0.3 is 6.36 Å². The van der Waals surface area contributed by atoms with Gasteiger partial charge in [0.05, 0.1) is 0 Å². The Kier molecular flexibility index (Phi) is 5.88. The molecule has 27 heavy (non-hydrogen) atoms. The highest BCUT2D eigenvalue weighted by Crippen LogP contribution is 2.28. The van der Waals surface area contributed by atoms with Crippen LogP contribution in [-0.2, 0) is 6.61 Å². The molecule has 0 saturated heterocycles. The van der Waals surface area contributed by atoms with E-state index in [1.54, 1.807) is 6.07 Å². The van der Waals surface area contributed by atoms with Crippen molar-refractivity contribution in [1.82, 2.24) is 0 Å². The number of halogens is 5. The minimum atomic E-state index is -4.72. The molecular formula is C20H13F4IO2. The van der Waals surface area contributed by atoms with E-state index in [2.05, 4.69) is 27.3 Å². The lowest BCUT2D eigenvalue weighted by atomic mass is 10.0. The monoisotopic (exact) mass is 488 g/mol. The standard InChI is InChI=1S/C20H13F4IO2/c21-15-4-9-19(25)18(11-15)14-3-1-2-13(10-14)12-26-16-5-7-17(8-6-16)27-20(22,23)24/h1-11H,12H2. The van der Waals surface area contributed by atoms with Crippen LogP contribution in [0.3, 0.4) is 0 Å². The van der Waals surface area contributed by atoms with E-state index in [-0.39, 0.29) is 18.2 Å². The maximum absolute atomic E-state index is 13.5. The minimum Gasteiger partial charge on any atom is -0.489 e. The SMILES string of the molecule is Fc1ccc(I)c(-c2cccc(COc3ccc(OC(F)(F)F)cc3)c2)c1. The number of hydrogen-bond acceptors (Lipinski definition) is 2. The van der Waals surface area contributed by atoms with Gasteiger partial charge in [-0.2, -0.15) is 0 Å². The van der Waals surface area contributed by atoms with Crippen molar-refractivity contribution < 1.29 is 27.0 Å². The molecule has 3 rings (SSSR count). The first-order valence-corrected chi connectivity index (χ1v) is 8.91. The van der Waals surface area contributed by atoms with E-state index in [9.17, 15) is 17.6 Å². The summed E-state index contributed by atoms with van der Waals surface area (Å²) in [5.41, 5.74) is 2.49. The summed E-state index contributed by atoms with van der Waals surface area (Å²) in [6.45, 7) is 0.221. The van der Waals surface area contributed by atoms with Gasteiger partial charge in [-0.15, -0.1) is 13.2 Å². The summed E-state index contributed by atoms with van der Waals surface area (Å²) in [4.78, 5) is 0. The Bertz CT molecular complexity index is 924. The van der Waals surface area contributed by atoms with Gasteiger partial charge in [0.1, 0.15) is 23.9 Å². The second-order valence-corrected chi connectivity index (χ2v) is 6.79. The quantitative estimate of drug-likeness (QED) is 0.299. The van der Waals surface area contributed by atoms with Gasteiger partial charge in [-0.3, -0.25) is 0 Å². The maximum Gasteiger partial charge on any atom is 0.573 e. The van der Waals surface area contributed by atoms with E-state index in [1.165, 1.54) is 36.4 Å². The van der Waals surface area contributed by atoms with Gasteiger partial charge in [-0.1, -0.05) is 18.2 Å². The predicted octanol–water partition coefficient (Wildman–Crippen LogP) is 6.57. The molecule has 0 bridgehead atoms. The lowest BCUT2D eigenvalue weighted by molar-refractivity contribution is -0.274. The van der Waals surface area contributed by atoms with Crippen molar-refractivity contribution in [3.8, 4) is 22.6 Å². The Balaban J connectivity index is 1.69. The smallest absolute Gasteiger partial charge is 0.489 e. The van der Waals surface area contributed by atoms with E-state index in [0.717, 1.165) is 20.3 Å². The molecule has 0 heterocycles. The van der Waals surface area contributed by atoms with Crippen LogP contribution < -0.4 is 9.47 Å². The maximum atomic E-state index is 13.5. The molecule has 140 valence electrons. The molecule has 7 heteroatoms. The van der Waals surface area contributed by atoms with Crippen molar-refractivity contribution in [3.63, 3.8) is 0 Å². The number of hydrogen-bond donors (Lipinski definition) is 0. The van der Waals surface area contributed by atoms with Crippen molar-refractivity contribution in [3.05, 3.63) is 81.7 Å². The summed E-state index contributed by atoms with van der Waals surface area (Å²) in [6, 6.07) is 17.2. The zero-order chi connectivity index (χ0) is 19.4. The van der Waals surface area contributed by atoms with Crippen molar-refractivity contribution in [2.24, 2.45) is 0 Å². The molecule has 0 unspecified atom stereocenters. The minimum absolute atomic E-state index is 0.221. The summed E-state index contributed by atoms with van der Waals surface area (Å²) in [6.07, 6.45) is -4.72. The molecule has 0 aliphatic heterocycles. The van der Waals surface area contributed by atoms with Crippen LogP contribution in [0, 0.1) is 9.39 Å². The van der Waals surface area contributed by atoms with Gasteiger partial charge in [0.15, 0.2) is 0 Å². The second kappa shape index (κ2) is 8.16. The van der Waals surface area contributed by atoms with Crippen LogP contribution in [-0.4, -0.2) is 6.36 Å². The van der Waals surface area contributed by atoms with Crippen molar-refractivity contribution >= 4 is 22.6 Å². The number of rotatable bonds is 5. The highest BCUT2D eigenvalue weighted by molar-refractivity contribution is 14.1. The molecule has 0 aliphatic carbocycles. The Morgan fingerprint density at radius 2 is 1.56 bits per heavy atom. The largest absolute Gasteiger partial charge is 0.573 e. The van der Waals surface area contributed by atoms with Crippen LogP contribution in [0.2, 0.25) is 0 Å². The number of benzene rings is 3. The van der Waals surface area contributed by atoms with Crippen LogP contribution >= 0.6 is 22.6 Å². The van der Waals surface area contributed by atoms with E-state index < -0.39 is 6.36 Å². The van der Waals surface area contributed by atoms with Crippen molar-refractivity contribution in [1.29, 1.82) is 0 Å². The van der Waals surface area contributed by atoms with Crippen molar-refractivity contribution in [2.75, 3.05) is 0 Å². The van der Waals surface area contributed by atoms with Crippen LogP contribution in [0.5, 0.6) is 11.5 Å². The van der Waals surface area contributed by atoms with Crippen molar-refractivity contribution in [2.45, 2.75) is 13.0 Å². The van der Waals surface area contributed by atoms with Gasteiger partial charge in [0.25, 0.3) is 0 Å². The normalized spacial score (nSPS) is 11.3. The average Bonchev–Trinajstić information content (AvgIpc) is 2.62. The lowest BCUT2D eigenvalue weighted by Gasteiger charge is -2.11. The van der Waals surface area contributed by atoms with Crippen LogP contribution in [0.4, 0.5) is 17.6 Å². The lowest BCUT2D eigenvalue weighted by Crippen LogP contribution is -2.16. The Morgan fingerprint density at radius 1 is 0.852 bits per heavy atom. The van der Waals surface area contributed by atoms with Crippen LogP contribution in [0.25, 0.3) is 11.1 Å². The Labute approximate surface area is 166 Å². The van der Waals surface area contributed by atoms with Gasteiger partial charge in [-0.05, 0) is 87.8 Å². The molecule has 3 aromatic carbocycles. The summed E-state index contributed by atoms with van der Waals surface area (Å²) in [5.74, 6) is -0.207. The number of ether oxygens (including phenoxy) is 2. The highest BCUT2D eigenvalue weighted by atomic mass is 127. The fraction of sp³-hybridized carbons (Fsp3) is 0.100. The predicted molar refractivity (Wildman–Crippen MR) is 102 cm³/mol. The van der Waals surface area contributed by atoms with E-state index in [1.807, 2.05) is 24.3 Å². The first-order chi connectivity index (χ1) is 12.8. The summed E-state index contributed by atoms with van der Waals surface area (Å²) in [5, 5.41) is 0. The second-order valence-electron chi connectivity index (χ2n) is 5.63. The third kappa shape index (κ3) is 5.59. The summed E-state index contributed by atoms with van der Waals surface area (Å²) >= 11 is 2.15. The number of alkyl halides is 3. The third-order valence-corrected chi connectivity index (χ3v) is 4.57. The molecule has 0 aliphatic rings. The third-order valence-electron chi connectivity index (χ3n) is 3.63. The molecule has 2 nitrogen and oxygen atoms in total. The highest BCUT2D eigenvalue weighted by Gasteiger charge is 2.30. The first kappa shape index (κ1) is 19.5. The van der Waals surface area contributed by atoms with E-state index in [0.29, 0.717) is 5.75 Å². The average molecular weight is 488 g/mol. The molecule has 0 N–H and O–H groups in total. The Morgan fingerprint density at radius 3 is 2.26 bits per heavy atom. The van der Waals surface area contributed by atoms with Crippen LogP contribution in [0.15, 0.2) is 66.7 Å². The topological polar surface area (TPSA) is 18.5 Å². The zero-order valence-corrected chi connectivity index (χ0v) is 15.9. The van der Waals surface area contributed by atoms with E-state index >= 15 is 0 Å². The Hall–Kier alpha value is -2.29. The molecule has 0 radical (unpaired) electrons. The van der Waals surface area contributed by atoms with Gasteiger partial charge < -0.3 is 9.47 Å². The fourth-order valence-corrected chi connectivity index (χ4v) is 3.10. The first-order valence-electron chi connectivity index (χ1n) is 7.83. The molecule has 0 spiro atoms.